The first-order valence-corrected chi connectivity index (χ1v) is 6.69. The Balaban J connectivity index is 2.84. The molecule has 0 amide bonds. The first kappa shape index (κ1) is 14.5. The highest BCUT2D eigenvalue weighted by Gasteiger charge is 2.18. The number of hydrogen-bond donors (Lipinski definition) is 1. The third kappa shape index (κ3) is 3.71. The molecule has 1 aromatic rings. The molecule has 98 valence electrons. The van der Waals surface area contributed by atoms with Gasteiger partial charge < -0.3 is 5.11 Å². The molecule has 1 aromatic heterocycles. The lowest BCUT2D eigenvalue weighted by Crippen LogP contribution is -2.15. The van der Waals surface area contributed by atoms with Crippen molar-refractivity contribution in [3.8, 4) is 0 Å². The molecule has 0 aliphatic carbocycles. The molecular weight excluding hydrogens is 236 g/mol. The van der Waals surface area contributed by atoms with E-state index in [1.54, 1.807) is 0 Å². The summed E-state index contributed by atoms with van der Waals surface area (Å²) in [5.41, 5.74) is 1.94. The molecule has 0 bridgehead atoms. The van der Waals surface area contributed by atoms with Crippen LogP contribution in [0.25, 0.3) is 0 Å². The number of hydrogen-bond acceptors (Lipinski definition) is 2. The summed E-state index contributed by atoms with van der Waals surface area (Å²) >= 11 is 6.27. The van der Waals surface area contributed by atoms with Gasteiger partial charge in [-0.1, -0.05) is 25.4 Å². The molecule has 0 aliphatic rings. The maximum atomic E-state index is 9.42. The molecule has 0 fully saturated rings. The average Bonchev–Trinajstić information content (AvgIpc) is 2.55. The van der Waals surface area contributed by atoms with Crippen LogP contribution in [0.1, 0.15) is 38.6 Å². The van der Waals surface area contributed by atoms with E-state index in [9.17, 15) is 5.11 Å². The molecule has 1 atom stereocenters. The minimum atomic E-state index is 0.211. The Morgan fingerprint density at radius 2 is 2.06 bits per heavy atom. The minimum Gasteiger partial charge on any atom is -0.396 e. The Labute approximate surface area is 109 Å². The SMILES string of the molecule is CCn1nc(C)c(Cl)c1CC(CO)CC(C)C. The highest BCUT2D eigenvalue weighted by atomic mass is 35.5. The summed E-state index contributed by atoms with van der Waals surface area (Å²) in [7, 11) is 0. The van der Waals surface area contributed by atoms with Gasteiger partial charge in [0.2, 0.25) is 0 Å². The number of aromatic nitrogens is 2. The number of aliphatic hydroxyl groups is 1. The fourth-order valence-electron chi connectivity index (χ4n) is 2.23. The van der Waals surface area contributed by atoms with Crippen LogP contribution in [0, 0.1) is 18.8 Å². The molecule has 17 heavy (non-hydrogen) atoms. The van der Waals surface area contributed by atoms with Crippen molar-refractivity contribution in [2.24, 2.45) is 11.8 Å². The van der Waals surface area contributed by atoms with Crippen LogP contribution in [-0.4, -0.2) is 21.5 Å². The first-order chi connectivity index (χ1) is 7.99. The van der Waals surface area contributed by atoms with E-state index in [2.05, 4.69) is 25.9 Å². The Bertz CT molecular complexity index is 361. The van der Waals surface area contributed by atoms with E-state index < -0.39 is 0 Å². The van der Waals surface area contributed by atoms with Crippen molar-refractivity contribution in [3.63, 3.8) is 0 Å². The van der Waals surface area contributed by atoms with Crippen molar-refractivity contribution < 1.29 is 5.11 Å². The van der Waals surface area contributed by atoms with E-state index in [1.807, 2.05) is 11.6 Å². The van der Waals surface area contributed by atoms with Gasteiger partial charge in [0.25, 0.3) is 0 Å². The second-order valence-corrected chi connectivity index (χ2v) is 5.42. The highest BCUT2D eigenvalue weighted by molar-refractivity contribution is 6.31. The fraction of sp³-hybridized carbons (Fsp3) is 0.769. The van der Waals surface area contributed by atoms with Crippen LogP contribution in [-0.2, 0) is 13.0 Å². The fourth-order valence-corrected chi connectivity index (χ4v) is 2.44. The Kier molecular flexibility index (Phi) is 5.47. The maximum absolute atomic E-state index is 9.42. The van der Waals surface area contributed by atoms with Crippen LogP contribution in [0.2, 0.25) is 5.02 Å². The number of nitrogens with zero attached hydrogens (tertiary/aromatic N) is 2. The Hall–Kier alpha value is -0.540. The molecule has 0 aromatic carbocycles. The summed E-state index contributed by atoms with van der Waals surface area (Å²) < 4.78 is 1.95. The molecule has 3 nitrogen and oxygen atoms in total. The van der Waals surface area contributed by atoms with Gasteiger partial charge in [0.15, 0.2) is 0 Å². The van der Waals surface area contributed by atoms with Gasteiger partial charge in [-0.15, -0.1) is 0 Å². The van der Waals surface area contributed by atoms with Gasteiger partial charge in [0.1, 0.15) is 0 Å². The van der Waals surface area contributed by atoms with E-state index in [0.717, 1.165) is 35.8 Å². The molecule has 4 heteroatoms. The zero-order valence-electron chi connectivity index (χ0n) is 11.2. The predicted octanol–water partition coefficient (Wildman–Crippen LogP) is 3.06. The van der Waals surface area contributed by atoms with Crippen LogP contribution in [0.5, 0.6) is 0 Å². The molecule has 1 heterocycles. The van der Waals surface area contributed by atoms with Gasteiger partial charge in [-0.3, -0.25) is 4.68 Å². The number of halogens is 1. The quantitative estimate of drug-likeness (QED) is 0.852. The lowest BCUT2D eigenvalue weighted by atomic mass is 9.93. The summed E-state index contributed by atoms with van der Waals surface area (Å²) in [5, 5.41) is 14.6. The van der Waals surface area contributed by atoms with E-state index >= 15 is 0 Å². The summed E-state index contributed by atoms with van der Waals surface area (Å²) in [6.07, 6.45) is 1.82. The summed E-state index contributed by atoms with van der Waals surface area (Å²) in [5.74, 6) is 0.860. The molecule has 1 N–H and O–H groups in total. The lowest BCUT2D eigenvalue weighted by molar-refractivity contribution is 0.203. The molecule has 0 aliphatic heterocycles. The van der Waals surface area contributed by atoms with Gasteiger partial charge in [-0.2, -0.15) is 5.10 Å². The topological polar surface area (TPSA) is 38.0 Å². The van der Waals surface area contributed by atoms with Crippen LogP contribution in [0.3, 0.4) is 0 Å². The Morgan fingerprint density at radius 1 is 1.41 bits per heavy atom. The zero-order valence-corrected chi connectivity index (χ0v) is 12.0. The highest BCUT2D eigenvalue weighted by Crippen LogP contribution is 2.25. The molecule has 0 radical (unpaired) electrons. The van der Waals surface area contributed by atoms with Crippen molar-refractivity contribution in [1.29, 1.82) is 0 Å². The van der Waals surface area contributed by atoms with Gasteiger partial charge in [-0.25, -0.2) is 0 Å². The van der Waals surface area contributed by atoms with Crippen LogP contribution < -0.4 is 0 Å². The average molecular weight is 259 g/mol. The third-order valence-corrected chi connectivity index (χ3v) is 3.49. The number of rotatable bonds is 6. The number of aryl methyl sites for hydroxylation is 2. The maximum Gasteiger partial charge on any atom is 0.0847 e. The first-order valence-electron chi connectivity index (χ1n) is 6.32. The lowest BCUT2D eigenvalue weighted by Gasteiger charge is -2.17. The molecule has 0 saturated heterocycles. The molecule has 1 unspecified atom stereocenters. The summed E-state index contributed by atoms with van der Waals surface area (Å²) in [6, 6.07) is 0. The molecular formula is C13H23ClN2O. The molecule has 1 rings (SSSR count). The zero-order chi connectivity index (χ0) is 13.0. The van der Waals surface area contributed by atoms with Crippen molar-refractivity contribution in [2.45, 2.75) is 47.1 Å². The minimum absolute atomic E-state index is 0.211. The second kappa shape index (κ2) is 6.41. The predicted molar refractivity (Wildman–Crippen MR) is 71.4 cm³/mol. The second-order valence-electron chi connectivity index (χ2n) is 5.04. The van der Waals surface area contributed by atoms with Crippen LogP contribution >= 0.6 is 11.6 Å². The van der Waals surface area contributed by atoms with Gasteiger partial charge in [0, 0.05) is 13.2 Å². The van der Waals surface area contributed by atoms with E-state index in [-0.39, 0.29) is 12.5 Å². The van der Waals surface area contributed by atoms with Gasteiger partial charge in [0.05, 0.1) is 16.4 Å². The standard InChI is InChI=1S/C13H23ClN2O/c1-5-16-12(13(14)10(4)15-16)7-11(8-17)6-9(2)3/h9,11,17H,5-8H2,1-4H3. The summed E-state index contributed by atoms with van der Waals surface area (Å²) in [6.45, 7) is 9.36. The third-order valence-electron chi connectivity index (χ3n) is 3.00. The smallest absolute Gasteiger partial charge is 0.0847 e. The largest absolute Gasteiger partial charge is 0.396 e. The van der Waals surface area contributed by atoms with E-state index in [1.165, 1.54) is 0 Å². The van der Waals surface area contributed by atoms with Crippen LogP contribution in [0.15, 0.2) is 0 Å². The van der Waals surface area contributed by atoms with Gasteiger partial charge in [-0.05, 0) is 38.5 Å². The van der Waals surface area contributed by atoms with Crippen molar-refractivity contribution in [2.75, 3.05) is 6.61 Å². The summed E-state index contributed by atoms with van der Waals surface area (Å²) in [4.78, 5) is 0. The molecule has 0 saturated carbocycles. The Morgan fingerprint density at radius 3 is 2.53 bits per heavy atom. The van der Waals surface area contributed by atoms with Crippen molar-refractivity contribution >= 4 is 11.6 Å². The van der Waals surface area contributed by atoms with Crippen molar-refractivity contribution in [1.82, 2.24) is 9.78 Å². The van der Waals surface area contributed by atoms with Gasteiger partial charge >= 0.3 is 0 Å². The van der Waals surface area contributed by atoms with Crippen LogP contribution in [0.4, 0.5) is 0 Å². The molecule has 0 spiro atoms. The van der Waals surface area contributed by atoms with Crippen molar-refractivity contribution in [3.05, 3.63) is 16.4 Å². The van der Waals surface area contributed by atoms with E-state index in [4.69, 9.17) is 11.6 Å². The number of aliphatic hydroxyl groups excluding tert-OH is 1. The van der Waals surface area contributed by atoms with E-state index in [0.29, 0.717) is 5.92 Å². The monoisotopic (exact) mass is 258 g/mol. The normalized spacial score (nSPS) is 13.4.